The van der Waals surface area contributed by atoms with Crippen LogP contribution >= 0.6 is 11.6 Å². The highest BCUT2D eigenvalue weighted by atomic mass is 35.5. The van der Waals surface area contributed by atoms with Crippen molar-refractivity contribution in [1.82, 2.24) is 5.32 Å². The fourth-order valence-corrected chi connectivity index (χ4v) is 3.24. The molecule has 0 bridgehead atoms. The maximum atomic E-state index is 13.8. The molecule has 2 rings (SSSR count). The van der Waals surface area contributed by atoms with Crippen molar-refractivity contribution in [3.8, 4) is 0 Å². The van der Waals surface area contributed by atoms with Gasteiger partial charge in [-0.25, -0.2) is 12.8 Å². The van der Waals surface area contributed by atoms with Crippen molar-refractivity contribution in [2.75, 3.05) is 6.26 Å². The van der Waals surface area contributed by atoms with Crippen LogP contribution in [0.3, 0.4) is 0 Å². The van der Waals surface area contributed by atoms with E-state index in [0.29, 0.717) is 6.42 Å². The summed E-state index contributed by atoms with van der Waals surface area (Å²) in [4.78, 5) is 12.4. The summed E-state index contributed by atoms with van der Waals surface area (Å²) < 4.78 is 36.8. The number of halogens is 2. The molecule has 0 unspecified atom stereocenters. The summed E-state index contributed by atoms with van der Waals surface area (Å²) in [6.45, 7) is 1.90. The van der Waals surface area contributed by atoms with E-state index in [1.165, 1.54) is 30.3 Å². The Morgan fingerprint density at radius 2 is 1.84 bits per heavy atom. The summed E-state index contributed by atoms with van der Waals surface area (Å²) in [5, 5.41) is 3.12. The zero-order chi connectivity index (χ0) is 18.6. The Bertz CT molecular complexity index is 866. The van der Waals surface area contributed by atoms with Gasteiger partial charge >= 0.3 is 0 Å². The minimum absolute atomic E-state index is 0.0963. The van der Waals surface area contributed by atoms with Gasteiger partial charge in [0.1, 0.15) is 5.82 Å². The molecule has 0 saturated heterocycles. The van der Waals surface area contributed by atoms with Gasteiger partial charge in [-0.1, -0.05) is 36.7 Å². The fraction of sp³-hybridized carbons (Fsp3) is 0.278. The standard InChI is InChI=1S/C18H19ClFNO3S/c1-3-17(12-5-8-15(9-6-12)25(2,23)24)21-18(22)10-13-4-7-14(19)11-16(13)20/h4-9,11,17H,3,10H2,1-2H3,(H,21,22)/t17-/m1/s1. The normalized spacial score (nSPS) is 12.6. The number of hydrogen-bond donors (Lipinski definition) is 1. The largest absolute Gasteiger partial charge is 0.349 e. The molecule has 0 heterocycles. The molecule has 7 heteroatoms. The lowest BCUT2D eigenvalue weighted by Crippen LogP contribution is -2.29. The smallest absolute Gasteiger partial charge is 0.225 e. The monoisotopic (exact) mass is 383 g/mol. The predicted molar refractivity (Wildman–Crippen MR) is 95.8 cm³/mol. The lowest BCUT2D eigenvalue weighted by molar-refractivity contribution is -0.121. The van der Waals surface area contributed by atoms with Gasteiger partial charge in [-0.2, -0.15) is 0 Å². The van der Waals surface area contributed by atoms with E-state index in [1.54, 1.807) is 12.1 Å². The Balaban J connectivity index is 2.09. The van der Waals surface area contributed by atoms with E-state index < -0.39 is 15.7 Å². The molecule has 1 N–H and O–H groups in total. The molecule has 25 heavy (non-hydrogen) atoms. The second-order valence-electron chi connectivity index (χ2n) is 5.78. The Kier molecular flexibility index (Phi) is 6.19. The highest BCUT2D eigenvalue weighted by Crippen LogP contribution is 2.20. The SMILES string of the molecule is CC[C@@H](NC(=O)Cc1ccc(Cl)cc1F)c1ccc(S(C)(=O)=O)cc1. The number of carbonyl (C=O) groups is 1. The Labute approximate surface area is 151 Å². The van der Waals surface area contributed by atoms with Crippen LogP contribution in [-0.2, 0) is 21.1 Å². The first-order chi connectivity index (χ1) is 11.7. The van der Waals surface area contributed by atoms with Crippen LogP contribution in [0.4, 0.5) is 4.39 Å². The minimum atomic E-state index is -3.26. The molecule has 0 saturated carbocycles. The Morgan fingerprint density at radius 1 is 1.20 bits per heavy atom. The average Bonchev–Trinajstić information content (AvgIpc) is 2.54. The molecule has 0 fully saturated rings. The average molecular weight is 384 g/mol. The lowest BCUT2D eigenvalue weighted by atomic mass is 10.0. The van der Waals surface area contributed by atoms with Crippen molar-refractivity contribution in [1.29, 1.82) is 0 Å². The lowest BCUT2D eigenvalue weighted by Gasteiger charge is -2.18. The van der Waals surface area contributed by atoms with Crippen LogP contribution in [0.15, 0.2) is 47.4 Å². The van der Waals surface area contributed by atoms with Gasteiger partial charge in [0.15, 0.2) is 9.84 Å². The number of amides is 1. The Hall–Kier alpha value is -1.92. The van der Waals surface area contributed by atoms with Crippen LogP contribution in [0, 0.1) is 5.82 Å². The van der Waals surface area contributed by atoms with Crippen LogP contribution in [0.2, 0.25) is 5.02 Å². The van der Waals surface area contributed by atoms with Gasteiger partial charge < -0.3 is 5.32 Å². The van der Waals surface area contributed by atoms with Gasteiger partial charge in [0.25, 0.3) is 0 Å². The molecule has 2 aromatic carbocycles. The minimum Gasteiger partial charge on any atom is -0.349 e. The van der Waals surface area contributed by atoms with Crippen molar-refractivity contribution < 1.29 is 17.6 Å². The first-order valence-corrected chi connectivity index (χ1v) is 10.0. The van der Waals surface area contributed by atoms with E-state index in [1.807, 2.05) is 6.92 Å². The molecular weight excluding hydrogens is 365 g/mol. The van der Waals surface area contributed by atoms with Crippen molar-refractivity contribution >= 4 is 27.3 Å². The van der Waals surface area contributed by atoms with E-state index in [9.17, 15) is 17.6 Å². The summed E-state index contributed by atoms with van der Waals surface area (Å²) in [5.74, 6) is -0.839. The molecule has 0 spiro atoms. The molecule has 1 atom stereocenters. The van der Waals surface area contributed by atoms with Gasteiger partial charge in [0.05, 0.1) is 17.4 Å². The topological polar surface area (TPSA) is 63.2 Å². The zero-order valence-electron chi connectivity index (χ0n) is 13.9. The van der Waals surface area contributed by atoms with Crippen molar-refractivity contribution in [3.63, 3.8) is 0 Å². The zero-order valence-corrected chi connectivity index (χ0v) is 15.5. The molecule has 1 amide bonds. The Morgan fingerprint density at radius 3 is 2.36 bits per heavy atom. The first-order valence-electron chi connectivity index (χ1n) is 7.74. The van der Waals surface area contributed by atoms with E-state index >= 15 is 0 Å². The maximum Gasteiger partial charge on any atom is 0.225 e. The highest BCUT2D eigenvalue weighted by molar-refractivity contribution is 7.90. The number of nitrogens with one attached hydrogen (secondary N) is 1. The van der Waals surface area contributed by atoms with Crippen molar-refractivity contribution in [3.05, 3.63) is 64.4 Å². The summed E-state index contributed by atoms with van der Waals surface area (Å²) in [5.41, 5.74) is 1.06. The number of sulfone groups is 1. The number of benzene rings is 2. The first kappa shape index (κ1) is 19.4. The number of rotatable bonds is 6. The van der Waals surface area contributed by atoms with Crippen LogP contribution in [0.5, 0.6) is 0 Å². The van der Waals surface area contributed by atoms with Gasteiger partial charge in [0, 0.05) is 11.3 Å². The van der Waals surface area contributed by atoms with Gasteiger partial charge in [-0.05, 0) is 41.8 Å². The summed E-state index contributed by atoms with van der Waals surface area (Å²) in [6.07, 6.45) is 1.66. The van der Waals surface area contributed by atoms with E-state index in [-0.39, 0.29) is 33.9 Å². The molecule has 134 valence electrons. The second-order valence-corrected chi connectivity index (χ2v) is 8.23. The second kappa shape index (κ2) is 7.97. The molecule has 0 aromatic heterocycles. The number of hydrogen-bond acceptors (Lipinski definition) is 3. The quantitative estimate of drug-likeness (QED) is 0.827. The van der Waals surface area contributed by atoms with Crippen molar-refractivity contribution in [2.24, 2.45) is 0 Å². The van der Waals surface area contributed by atoms with Crippen LogP contribution in [0.25, 0.3) is 0 Å². The molecule has 0 aliphatic carbocycles. The van der Waals surface area contributed by atoms with Gasteiger partial charge in [-0.15, -0.1) is 0 Å². The predicted octanol–water partition coefficient (Wildman–Crippen LogP) is 3.69. The van der Waals surface area contributed by atoms with Crippen LogP contribution < -0.4 is 5.32 Å². The van der Waals surface area contributed by atoms with Crippen LogP contribution in [-0.4, -0.2) is 20.6 Å². The summed E-state index contributed by atoms with van der Waals surface area (Å²) in [6, 6.07) is 10.3. The molecule has 0 aliphatic heterocycles. The molecular formula is C18H19ClFNO3S. The van der Waals surface area contributed by atoms with E-state index in [2.05, 4.69) is 5.32 Å². The third kappa shape index (κ3) is 5.28. The molecule has 4 nitrogen and oxygen atoms in total. The maximum absolute atomic E-state index is 13.8. The van der Waals surface area contributed by atoms with Crippen LogP contribution in [0.1, 0.15) is 30.5 Å². The summed E-state index contributed by atoms with van der Waals surface area (Å²) in [7, 11) is -3.26. The van der Waals surface area contributed by atoms with E-state index in [0.717, 1.165) is 11.8 Å². The number of carbonyl (C=O) groups excluding carboxylic acids is 1. The molecule has 0 radical (unpaired) electrons. The highest BCUT2D eigenvalue weighted by Gasteiger charge is 2.16. The third-order valence-corrected chi connectivity index (χ3v) is 5.18. The van der Waals surface area contributed by atoms with Gasteiger partial charge in [-0.3, -0.25) is 4.79 Å². The fourth-order valence-electron chi connectivity index (χ4n) is 2.45. The summed E-state index contributed by atoms with van der Waals surface area (Å²) >= 11 is 5.70. The van der Waals surface area contributed by atoms with Crippen molar-refractivity contribution in [2.45, 2.75) is 30.7 Å². The van der Waals surface area contributed by atoms with E-state index in [4.69, 9.17) is 11.6 Å². The van der Waals surface area contributed by atoms with Gasteiger partial charge in [0.2, 0.25) is 5.91 Å². The molecule has 2 aromatic rings. The third-order valence-electron chi connectivity index (χ3n) is 3.82. The molecule has 0 aliphatic rings.